The Morgan fingerprint density at radius 2 is 1.52 bits per heavy atom. The number of anilines is 1. The van der Waals surface area contributed by atoms with Crippen molar-refractivity contribution in [2.75, 3.05) is 18.4 Å². The van der Waals surface area contributed by atoms with E-state index in [0.29, 0.717) is 24.3 Å². The minimum atomic E-state index is -3.53. The Morgan fingerprint density at radius 3 is 2.07 bits per heavy atom. The molecule has 0 saturated heterocycles. The second kappa shape index (κ2) is 9.80. The van der Waals surface area contributed by atoms with Crippen molar-refractivity contribution in [3.8, 4) is 0 Å². The molecule has 1 N–H and O–H groups in total. The number of carbonyl (C=O) groups excluding carboxylic acids is 2. The van der Waals surface area contributed by atoms with E-state index in [1.54, 1.807) is 32.0 Å². The van der Waals surface area contributed by atoms with Gasteiger partial charge >= 0.3 is 0 Å². The first kappa shape index (κ1) is 22.8. The minimum Gasteiger partial charge on any atom is -0.326 e. The average Bonchev–Trinajstić information content (AvgIpc) is 2.69. The van der Waals surface area contributed by atoms with Crippen molar-refractivity contribution >= 4 is 27.4 Å². The van der Waals surface area contributed by atoms with Crippen molar-refractivity contribution in [1.82, 2.24) is 4.31 Å². The second-order valence-electron chi connectivity index (χ2n) is 6.88. The summed E-state index contributed by atoms with van der Waals surface area (Å²) < 4.78 is 26.3. The van der Waals surface area contributed by atoms with Crippen LogP contribution in [0, 0.1) is 13.8 Å². The fraction of sp³-hybridized carbons (Fsp3) is 0.364. The molecule has 0 spiro atoms. The lowest BCUT2D eigenvalue weighted by Gasteiger charge is -2.18. The molecule has 0 fully saturated rings. The summed E-state index contributed by atoms with van der Waals surface area (Å²) in [4.78, 5) is 24.6. The molecular weight excluding hydrogens is 388 g/mol. The minimum absolute atomic E-state index is 0.0608. The first-order chi connectivity index (χ1) is 13.7. The Balaban J connectivity index is 1.95. The fourth-order valence-corrected chi connectivity index (χ4v) is 4.39. The number of Topliss-reactive ketones (excluding diaryl/α,β-unsaturated/α-hetero) is 1. The molecule has 0 aliphatic rings. The molecule has 2 aromatic carbocycles. The number of ketones is 1. The highest BCUT2D eigenvalue weighted by Crippen LogP contribution is 2.19. The van der Waals surface area contributed by atoms with Crippen LogP contribution in [0.5, 0.6) is 0 Å². The van der Waals surface area contributed by atoms with E-state index in [1.807, 2.05) is 26.0 Å². The Bertz CT molecular complexity index is 978. The molecule has 0 unspecified atom stereocenters. The normalized spacial score (nSPS) is 11.5. The van der Waals surface area contributed by atoms with Crippen LogP contribution < -0.4 is 5.32 Å². The third kappa shape index (κ3) is 5.74. The van der Waals surface area contributed by atoms with Crippen LogP contribution in [0.3, 0.4) is 0 Å². The van der Waals surface area contributed by atoms with Gasteiger partial charge in [0, 0.05) is 37.2 Å². The largest absolute Gasteiger partial charge is 0.326 e. The summed E-state index contributed by atoms with van der Waals surface area (Å²) in [5.41, 5.74) is 3.25. The van der Waals surface area contributed by atoms with Gasteiger partial charge < -0.3 is 5.32 Å². The molecule has 1 amide bonds. The smallest absolute Gasteiger partial charge is 0.243 e. The fourth-order valence-electron chi connectivity index (χ4n) is 2.93. The summed E-state index contributed by atoms with van der Waals surface area (Å²) in [6.07, 6.45) is 0.175. The van der Waals surface area contributed by atoms with Crippen molar-refractivity contribution in [2.45, 2.75) is 45.4 Å². The highest BCUT2D eigenvalue weighted by atomic mass is 32.2. The van der Waals surface area contributed by atoms with Gasteiger partial charge in [0.2, 0.25) is 15.9 Å². The third-order valence-corrected chi connectivity index (χ3v) is 6.95. The van der Waals surface area contributed by atoms with Gasteiger partial charge in [0.1, 0.15) is 0 Å². The van der Waals surface area contributed by atoms with Gasteiger partial charge in [-0.2, -0.15) is 4.31 Å². The predicted molar refractivity (Wildman–Crippen MR) is 115 cm³/mol. The van der Waals surface area contributed by atoms with Gasteiger partial charge in [0.25, 0.3) is 0 Å². The maximum Gasteiger partial charge on any atom is 0.243 e. The molecule has 0 radical (unpaired) electrons. The Kier molecular flexibility index (Phi) is 7.70. The molecule has 7 heteroatoms. The van der Waals surface area contributed by atoms with Crippen LogP contribution in [0.2, 0.25) is 0 Å². The van der Waals surface area contributed by atoms with E-state index in [0.717, 1.165) is 11.1 Å². The summed E-state index contributed by atoms with van der Waals surface area (Å²) in [5.74, 6) is -0.370. The lowest BCUT2D eigenvalue weighted by atomic mass is 10.0. The molecular formula is C22H28N2O4S. The van der Waals surface area contributed by atoms with E-state index in [1.165, 1.54) is 16.4 Å². The van der Waals surface area contributed by atoms with E-state index in [2.05, 4.69) is 5.32 Å². The molecule has 0 heterocycles. The molecule has 0 aliphatic carbocycles. The van der Waals surface area contributed by atoms with Gasteiger partial charge in [0.15, 0.2) is 5.78 Å². The van der Waals surface area contributed by atoms with Gasteiger partial charge in [-0.3, -0.25) is 9.59 Å². The lowest BCUT2D eigenvalue weighted by molar-refractivity contribution is -0.116. The van der Waals surface area contributed by atoms with E-state index in [4.69, 9.17) is 0 Å². The molecule has 29 heavy (non-hydrogen) atoms. The van der Waals surface area contributed by atoms with Gasteiger partial charge in [-0.15, -0.1) is 0 Å². The zero-order valence-electron chi connectivity index (χ0n) is 17.4. The first-order valence-electron chi connectivity index (χ1n) is 9.69. The quantitative estimate of drug-likeness (QED) is 0.628. The number of rotatable bonds is 9. The number of aryl methyl sites for hydroxylation is 2. The van der Waals surface area contributed by atoms with Crippen LogP contribution in [0.1, 0.15) is 48.2 Å². The summed E-state index contributed by atoms with van der Waals surface area (Å²) in [5, 5.41) is 2.71. The van der Waals surface area contributed by atoms with Crippen molar-refractivity contribution < 1.29 is 18.0 Å². The standard InChI is InChI=1S/C22H28N2O4S/c1-5-24(6-2)29(27,28)20-11-9-19(10-12-20)23-22(26)14-13-21(25)18-8-7-16(3)17(4)15-18/h7-12,15H,5-6,13-14H2,1-4H3,(H,23,26). The number of amides is 1. The number of hydrogen-bond acceptors (Lipinski definition) is 4. The van der Waals surface area contributed by atoms with Gasteiger partial charge in [-0.25, -0.2) is 8.42 Å². The average molecular weight is 417 g/mol. The van der Waals surface area contributed by atoms with Gasteiger partial charge in [0.05, 0.1) is 4.90 Å². The summed E-state index contributed by atoms with van der Waals surface area (Å²) >= 11 is 0. The molecule has 0 aromatic heterocycles. The highest BCUT2D eigenvalue weighted by Gasteiger charge is 2.21. The first-order valence-corrected chi connectivity index (χ1v) is 11.1. The number of nitrogens with one attached hydrogen (secondary N) is 1. The molecule has 156 valence electrons. The van der Waals surface area contributed by atoms with Gasteiger partial charge in [-0.1, -0.05) is 26.0 Å². The third-order valence-electron chi connectivity index (χ3n) is 4.89. The van der Waals surface area contributed by atoms with Crippen LogP contribution in [-0.2, 0) is 14.8 Å². The van der Waals surface area contributed by atoms with Crippen molar-refractivity contribution in [1.29, 1.82) is 0 Å². The SMILES string of the molecule is CCN(CC)S(=O)(=O)c1ccc(NC(=O)CCC(=O)c2ccc(C)c(C)c2)cc1. The second-order valence-corrected chi connectivity index (χ2v) is 8.82. The van der Waals surface area contributed by atoms with Crippen LogP contribution >= 0.6 is 0 Å². The van der Waals surface area contributed by atoms with Crippen LogP contribution in [0.4, 0.5) is 5.69 Å². The Morgan fingerprint density at radius 1 is 0.897 bits per heavy atom. The van der Waals surface area contributed by atoms with E-state index in [9.17, 15) is 18.0 Å². The summed E-state index contributed by atoms with van der Waals surface area (Å²) in [6, 6.07) is 11.6. The number of sulfonamides is 1. The number of hydrogen-bond donors (Lipinski definition) is 1. The number of benzene rings is 2. The summed E-state index contributed by atoms with van der Waals surface area (Å²) in [7, 11) is -3.53. The molecule has 2 aromatic rings. The van der Waals surface area contributed by atoms with E-state index in [-0.39, 0.29) is 29.4 Å². The van der Waals surface area contributed by atoms with Crippen LogP contribution in [-0.4, -0.2) is 37.5 Å². The molecule has 2 rings (SSSR count). The molecule has 0 bridgehead atoms. The van der Waals surface area contributed by atoms with Crippen molar-refractivity contribution in [2.24, 2.45) is 0 Å². The van der Waals surface area contributed by atoms with Crippen LogP contribution in [0.25, 0.3) is 0 Å². The maximum atomic E-state index is 12.5. The summed E-state index contributed by atoms with van der Waals surface area (Å²) in [6.45, 7) is 8.29. The van der Waals surface area contributed by atoms with Crippen molar-refractivity contribution in [3.05, 3.63) is 59.2 Å². The van der Waals surface area contributed by atoms with Crippen molar-refractivity contribution in [3.63, 3.8) is 0 Å². The monoisotopic (exact) mass is 416 g/mol. The topological polar surface area (TPSA) is 83.6 Å². The van der Waals surface area contributed by atoms with E-state index >= 15 is 0 Å². The lowest BCUT2D eigenvalue weighted by Crippen LogP contribution is -2.30. The maximum absolute atomic E-state index is 12.5. The Labute approximate surface area is 173 Å². The number of carbonyl (C=O) groups is 2. The van der Waals surface area contributed by atoms with Crippen LogP contribution in [0.15, 0.2) is 47.4 Å². The molecule has 0 atom stereocenters. The highest BCUT2D eigenvalue weighted by molar-refractivity contribution is 7.89. The number of nitrogens with zero attached hydrogens (tertiary/aromatic N) is 1. The zero-order valence-corrected chi connectivity index (χ0v) is 18.2. The van der Waals surface area contributed by atoms with E-state index < -0.39 is 10.0 Å². The van der Waals surface area contributed by atoms with Gasteiger partial charge in [-0.05, 0) is 55.3 Å². The molecule has 6 nitrogen and oxygen atoms in total. The predicted octanol–water partition coefficient (Wildman–Crippen LogP) is 3.94. The molecule has 0 saturated carbocycles. The molecule has 0 aliphatic heterocycles. The zero-order chi connectivity index (χ0) is 21.6. The Hall–Kier alpha value is -2.51.